The van der Waals surface area contributed by atoms with Crippen molar-refractivity contribution >= 4 is 11.9 Å². The summed E-state index contributed by atoms with van der Waals surface area (Å²) in [5, 5.41) is 22.2. The summed E-state index contributed by atoms with van der Waals surface area (Å²) in [6.07, 6.45) is 5.24. The molecule has 0 aromatic carbocycles. The van der Waals surface area contributed by atoms with Crippen LogP contribution in [0.1, 0.15) is 31.4 Å². The molecule has 0 bridgehead atoms. The fourth-order valence-corrected chi connectivity index (χ4v) is 2.42. The van der Waals surface area contributed by atoms with Crippen LogP contribution in [0, 0.1) is 5.92 Å². The highest BCUT2D eigenvalue weighted by molar-refractivity contribution is 5.75. The number of aromatic nitrogens is 3. The lowest BCUT2D eigenvalue weighted by molar-refractivity contribution is -0.138. The Kier molecular flexibility index (Phi) is 5.68. The van der Waals surface area contributed by atoms with Crippen LogP contribution in [0.2, 0.25) is 0 Å². The SMILES string of the molecule is O=C(O)Cn1cc(CNC(=O)CCC2CCNCC2)nn1. The molecule has 0 unspecified atom stereocenters. The number of carbonyl (C=O) groups excluding carboxylic acids is 1. The van der Waals surface area contributed by atoms with Crippen molar-refractivity contribution in [2.75, 3.05) is 13.1 Å². The third kappa shape index (κ3) is 5.50. The van der Waals surface area contributed by atoms with Crippen molar-refractivity contribution in [2.24, 2.45) is 5.92 Å². The molecule has 8 heteroatoms. The van der Waals surface area contributed by atoms with Gasteiger partial charge in [-0.05, 0) is 38.3 Å². The highest BCUT2D eigenvalue weighted by Crippen LogP contribution is 2.17. The fraction of sp³-hybridized carbons (Fsp3) is 0.692. The molecule has 1 saturated heterocycles. The second-order valence-electron chi connectivity index (χ2n) is 5.31. The number of nitrogens with zero attached hydrogens (tertiary/aromatic N) is 3. The van der Waals surface area contributed by atoms with Gasteiger partial charge in [0.2, 0.25) is 5.91 Å². The lowest BCUT2D eigenvalue weighted by Gasteiger charge is -2.22. The third-order valence-electron chi connectivity index (χ3n) is 3.59. The summed E-state index contributed by atoms with van der Waals surface area (Å²) in [4.78, 5) is 22.3. The van der Waals surface area contributed by atoms with Crippen molar-refractivity contribution in [3.8, 4) is 0 Å². The lowest BCUT2D eigenvalue weighted by Crippen LogP contribution is -2.29. The molecule has 2 heterocycles. The van der Waals surface area contributed by atoms with E-state index in [0.29, 0.717) is 18.0 Å². The van der Waals surface area contributed by atoms with Gasteiger partial charge >= 0.3 is 5.97 Å². The molecule has 0 atom stereocenters. The Morgan fingerprint density at radius 1 is 1.43 bits per heavy atom. The number of piperidine rings is 1. The first kappa shape index (κ1) is 15.4. The van der Waals surface area contributed by atoms with Crippen LogP contribution in [-0.4, -0.2) is 45.1 Å². The van der Waals surface area contributed by atoms with Gasteiger partial charge < -0.3 is 15.7 Å². The van der Waals surface area contributed by atoms with Crippen LogP contribution in [0.25, 0.3) is 0 Å². The Balaban J connectivity index is 1.66. The molecule has 0 radical (unpaired) electrons. The van der Waals surface area contributed by atoms with E-state index in [2.05, 4.69) is 20.9 Å². The molecule has 116 valence electrons. The number of rotatable bonds is 7. The number of amides is 1. The first-order chi connectivity index (χ1) is 10.1. The zero-order chi connectivity index (χ0) is 15.1. The number of hydrogen-bond donors (Lipinski definition) is 3. The molecule has 2 rings (SSSR count). The second kappa shape index (κ2) is 7.72. The minimum Gasteiger partial charge on any atom is -0.480 e. The van der Waals surface area contributed by atoms with Crippen LogP contribution in [-0.2, 0) is 22.7 Å². The predicted molar refractivity (Wildman–Crippen MR) is 74.3 cm³/mol. The summed E-state index contributed by atoms with van der Waals surface area (Å²) < 4.78 is 1.23. The summed E-state index contributed by atoms with van der Waals surface area (Å²) in [7, 11) is 0. The molecule has 0 saturated carbocycles. The van der Waals surface area contributed by atoms with Crippen molar-refractivity contribution < 1.29 is 14.7 Å². The molecule has 0 spiro atoms. The van der Waals surface area contributed by atoms with E-state index in [0.717, 1.165) is 32.4 Å². The molecule has 1 aliphatic rings. The monoisotopic (exact) mass is 295 g/mol. The molecule has 1 aromatic heterocycles. The lowest BCUT2D eigenvalue weighted by atomic mass is 9.93. The van der Waals surface area contributed by atoms with Gasteiger partial charge in [0.05, 0.1) is 12.7 Å². The molecule has 1 aliphatic heterocycles. The summed E-state index contributed by atoms with van der Waals surface area (Å²) >= 11 is 0. The first-order valence-electron chi connectivity index (χ1n) is 7.21. The van der Waals surface area contributed by atoms with Gasteiger partial charge in [-0.15, -0.1) is 5.10 Å². The predicted octanol–water partition coefficient (Wildman–Crippen LogP) is -0.241. The molecule has 8 nitrogen and oxygen atoms in total. The Morgan fingerprint density at radius 2 is 2.19 bits per heavy atom. The van der Waals surface area contributed by atoms with Crippen LogP contribution in [0.15, 0.2) is 6.20 Å². The average molecular weight is 295 g/mol. The van der Waals surface area contributed by atoms with Crippen molar-refractivity contribution in [3.63, 3.8) is 0 Å². The van der Waals surface area contributed by atoms with E-state index in [1.54, 1.807) is 0 Å². The highest BCUT2D eigenvalue weighted by atomic mass is 16.4. The summed E-state index contributed by atoms with van der Waals surface area (Å²) in [6, 6.07) is 0. The van der Waals surface area contributed by atoms with Gasteiger partial charge in [-0.3, -0.25) is 9.59 Å². The first-order valence-corrected chi connectivity index (χ1v) is 7.21. The van der Waals surface area contributed by atoms with Crippen LogP contribution in [0.3, 0.4) is 0 Å². The van der Waals surface area contributed by atoms with E-state index >= 15 is 0 Å². The molecule has 1 aromatic rings. The maximum absolute atomic E-state index is 11.8. The standard InChI is InChI=1S/C13H21N5O3/c19-12(2-1-10-3-5-14-6-4-10)15-7-11-8-18(17-16-11)9-13(20)21/h8,10,14H,1-7,9H2,(H,15,19)(H,20,21). The van der Waals surface area contributed by atoms with Gasteiger partial charge in [-0.2, -0.15) is 0 Å². The molecule has 21 heavy (non-hydrogen) atoms. The fourth-order valence-electron chi connectivity index (χ4n) is 2.42. The summed E-state index contributed by atoms with van der Waals surface area (Å²) in [5.74, 6) is -0.341. The molecule has 0 aliphatic carbocycles. The molecule has 1 fully saturated rings. The molecule has 3 N–H and O–H groups in total. The van der Waals surface area contributed by atoms with E-state index < -0.39 is 5.97 Å². The number of carbonyl (C=O) groups is 2. The van der Waals surface area contributed by atoms with E-state index in [4.69, 9.17) is 5.11 Å². The van der Waals surface area contributed by atoms with E-state index in [1.165, 1.54) is 10.9 Å². The van der Waals surface area contributed by atoms with E-state index in [-0.39, 0.29) is 19.0 Å². The maximum Gasteiger partial charge on any atom is 0.325 e. The van der Waals surface area contributed by atoms with Crippen LogP contribution >= 0.6 is 0 Å². The Labute approximate surface area is 122 Å². The number of aliphatic carboxylic acids is 1. The van der Waals surface area contributed by atoms with Crippen molar-refractivity contribution in [1.82, 2.24) is 25.6 Å². The van der Waals surface area contributed by atoms with Gasteiger partial charge in [0.1, 0.15) is 12.2 Å². The second-order valence-corrected chi connectivity index (χ2v) is 5.31. The average Bonchev–Trinajstić information content (AvgIpc) is 2.91. The van der Waals surface area contributed by atoms with Crippen LogP contribution in [0.5, 0.6) is 0 Å². The topological polar surface area (TPSA) is 109 Å². The molecular weight excluding hydrogens is 274 g/mol. The zero-order valence-electron chi connectivity index (χ0n) is 11.9. The van der Waals surface area contributed by atoms with Gasteiger partial charge in [0.15, 0.2) is 0 Å². The Hall–Kier alpha value is -1.96. The minimum absolute atomic E-state index is 0.00122. The van der Waals surface area contributed by atoms with E-state index in [1.807, 2.05) is 0 Å². The van der Waals surface area contributed by atoms with Gasteiger partial charge in [-0.1, -0.05) is 5.21 Å². The Morgan fingerprint density at radius 3 is 2.90 bits per heavy atom. The summed E-state index contributed by atoms with van der Waals surface area (Å²) in [6.45, 7) is 2.14. The number of hydrogen-bond acceptors (Lipinski definition) is 5. The zero-order valence-corrected chi connectivity index (χ0v) is 11.9. The highest BCUT2D eigenvalue weighted by Gasteiger charge is 2.14. The minimum atomic E-state index is -0.975. The number of carboxylic acids is 1. The summed E-state index contributed by atoms with van der Waals surface area (Å²) in [5.41, 5.74) is 0.562. The Bertz CT molecular complexity index is 482. The van der Waals surface area contributed by atoms with Crippen LogP contribution in [0.4, 0.5) is 0 Å². The van der Waals surface area contributed by atoms with Gasteiger partial charge in [0, 0.05) is 6.42 Å². The van der Waals surface area contributed by atoms with Crippen molar-refractivity contribution in [2.45, 2.75) is 38.8 Å². The van der Waals surface area contributed by atoms with Crippen molar-refractivity contribution in [3.05, 3.63) is 11.9 Å². The largest absolute Gasteiger partial charge is 0.480 e. The normalized spacial score (nSPS) is 15.8. The molecular formula is C13H21N5O3. The van der Waals surface area contributed by atoms with Gasteiger partial charge in [-0.25, -0.2) is 4.68 Å². The number of nitrogens with one attached hydrogen (secondary N) is 2. The third-order valence-corrected chi connectivity index (χ3v) is 3.59. The van der Waals surface area contributed by atoms with Gasteiger partial charge in [0.25, 0.3) is 0 Å². The maximum atomic E-state index is 11.8. The van der Waals surface area contributed by atoms with E-state index in [9.17, 15) is 9.59 Å². The molecule has 1 amide bonds. The van der Waals surface area contributed by atoms with Crippen molar-refractivity contribution in [1.29, 1.82) is 0 Å². The number of carboxylic acid groups (broad SMARTS) is 1. The van der Waals surface area contributed by atoms with Crippen LogP contribution < -0.4 is 10.6 Å². The quantitative estimate of drug-likeness (QED) is 0.640. The smallest absolute Gasteiger partial charge is 0.325 e.